The number of imidazole rings is 1. The van der Waals surface area contributed by atoms with Gasteiger partial charge in [-0.15, -0.1) is 0 Å². The highest BCUT2D eigenvalue weighted by Crippen LogP contribution is 2.39. The summed E-state index contributed by atoms with van der Waals surface area (Å²) in [6.07, 6.45) is 9.39. The molecule has 0 bridgehead atoms. The summed E-state index contributed by atoms with van der Waals surface area (Å²) in [5.74, 6) is 0.397. The Hall–Kier alpha value is -4.60. The fourth-order valence-electron chi connectivity index (χ4n) is 5.29. The molecule has 6 rings (SSSR count). The highest BCUT2D eigenvalue weighted by molar-refractivity contribution is 6.06. The first kappa shape index (κ1) is 26.6. The van der Waals surface area contributed by atoms with Gasteiger partial charge in [0.2, 0.25) is 6.33 Å². The fraction of sp³-hybridized carbons (Fsp3) is 0.355. The Morgan fingerprint density at radius 1 is 1.02 bits per heavy atom. The molecule has 1 saturated carbocycles. The van der Waals surface area contributed by atoms with Crippen molar-refractivity contribution in [2.24, 2.45) is 7.05 Å². The minimum absolute atomic E-state index is 0.189. The van der Waals surface area contributed by atoms with Gasteiger partial charge < -0.3 is 24.9 Å². The van der Waals surface area contributed by atoms with Crippen molar-refractivity contribution in [3.05, 3.63) is 90.2 Å². The molecule has 212 valence electrons. The minimum Gasteiger partial charge on any atom is -0.448 e. The van der Waals surface area contributed by atoms with Crippen molar-refractivity contribution >= 4 is 28.9 Å². The molecule has 1 aliphatic carbocycles. The molecule has 0 unspecified atom stereocenters. The van der Waals surface area contributed by atoms with Gasteiger partial charge in [0, 0.05) is 43.3 Å². The average Bonchev–Trinajstić information content (AvgIpc) is 3.56. The average molecular weight is 555 g/mol. The SMILES string of the molecule is Cc1ccccc1N1CCN(c2ccc(C(=O)NCCn3cc[n+](C)c3)cc2NC(=O)c2coc(C3CC3)n2)CC1. The summed E-state index contributed by atoms with van der Waals surface area (Å²) in [4.78, 5) is 35.4. The summed E-state index contributed by atoms with van der Waals surface area (Å²) in [5, 5.41) is 6.02. The van der Waals surface area contributed by atoms with Crippen molar-refractivity contribution in [1.82, 2.24) is 14.9 Å². The van der Waals surface area contributed by atoms with Crippen LogP contribution in [0.15, 0.2) is 71.9 Å². The second kappa shape index (κ2) is 11.5. The van der Waals surface area contributed by atoms with E-state index in [0.717, 1.165) is 44.7 Å². The maximum Gasteiger partial charge on any atom is 0.277 e. The minimum atomic E-state index is -0.349. The van der Waals surface area contributed by atoms with Crippen LogP contribution < -0.4 is 25.0 Å². The first-order chi connectivity index (χ1) is 19.9. The highest BCUT2D eigenvalue weighted by Gasteiger charge is 2.30. The normalized spacial score (nSPS) is 15.2. The van der Waals surface area contributed by atoms with Gasteiger partial charge in [0.1, 0.15) is 25.2 Å². The lowest BCUT2D eigenvalue weighted by Gasteiger charge is -2.38. The molecule has 2 aromatic heterocycles. The third kappa shape index (κ3) is 6.11. The smallest absolute Gasteiger partial charge is 0.277 e. The van der Waals surface area contributed by atoms with Crippen molar-refractivity contribution in [2.75, 3.05) is 47.8 Å². The molecule has 0 radical (unpaired) electrons. The molecule has 1 saturated heterocycles. The molecule has 2 N–H and O–H groups in total. The number of rotatable bonds is 9. The fourth-order valence-corrected chi connectivity index (χ4v) is 5.29. The number of oxazole rings is 1. The van der Waals surface area contributed by atoms with E-state index in [2.05, 4.69) is 56.6 Å². The number of aromatic nitrogens is 3. The summed E-state index contributed by atoms with van der Waals surface area (Å²) in [7, 11) is 1.96. The van der Waals surface area contributed by atoms with Gasteiger partial charge in [0.05, 0.1) is 25.0 Å². The molecule has 0 spiro atoms. The summed E-state index contributed by atoms with van der Waals surface area (Å²) in [6, 6.07) is 13.9. The van der Waals surface area contributed by atoms with E-state index < -0.39 is 0 Å². The van der Waals surface area contributed by atoms with Gasteiger partial charge in [-0.1, -0.05) is 18.2 Å². The van der Waals surface area contributed by atoms with E-state index in [-0.39, 0.29) is 17.5 Å². The zero-order valence-electron chi connectivity index (χ0n) is 23.5. The quantitative estimate of drug-likeness (QED) is 0.308. The molecule has 2 amide bonds. The van der Waals surface area contributed by atoms with E-state index in [0.29, 0.717) is 36.1 Å². The van der Waals surface area contributed by atoms with Crippen molar-refractivity contribution in [3.8, 4) is 0 Å². The molecule has 41 heavy (non-hydrogen) atoms. The number of para-hydroxylation sites is 1. The number of anilines is 3. The van der Waals surface area contributed by atoms with E-state index in [1.807, 2.05) is 47.0 Å². The zero-order chi connectivity index (χ0) is 28.3. The third-order valence-electron chi connectivity index (χ3n) is 7.74. The van der Waals surface area contributed by atoms with Crippen LogP contribution in [0.2, 0.25) is 0 Å². The number of hydrogen-bond acceptors (Lipinski definition) is 6. The molecular formula is C31H36N7O3+. The summed E-state index contributed by atoms with van der Waals surface area (Å²) < 4.78 is 9.52. The van der Waals surface area contributed by atoms with Gasteiger partial charge in [0.15, 0.2) is 11.6 Å². The number of benzene rings is 2. The van der Waals surface area contributed by atoms with E-state index in [4.69, 9.17) is 4.42 Å². The van der Waals surface area contributed by atoms with Crippen molar-refractivity contribution < 1.29 is 18.6 Å². The second-order valence-electron chi connectivity index (χ2n) is 10.9. The lowest BCUT2D eigenvalue weighted by molar-refractivity contribution is -0.671. The molecular weight excluding hydrogens is 518 g/mol. The second-order valence-corrected chi connectivity index (χ2v) is 10.9. The number of nitrogens with one attached hydrogen (secondary N) is 2. The summed E-state index contributed by atoms with van der Waals surface area (Å²) >= 11 is 0. The van der Waals surface area contributed by atoms with Crippen LogP contribution in [-0.2, 0) is 13.6 Å². The molecule has 10 heteroatoms. The molecule has 2 aromatic carbocycles. The van der Waals surface area contributed by atoms with Crippen LogP contribution in [0.3, 0.4) is 0 Å². The van der Waals surface area contributed by atoms with Gasteiger partial charge >= 0.3 is 0 Å². The molecule has 2 fully saturated rings. The van der Waals surface area contributed by atoms with E-state index in [9.17, 15) is 9.59 Å². The molecule has 2 aliphatic rings. The van der Waals surface area contributed by atoms with Crippen LogP contribution in [0.5, 0.6) is 0 Å². The Labute approximate surface area is 239 Å². The van der Waals surface area contributed by atoms with Gasteiger partial charge in [-0.3, -0.25) is 9.59 Å². The predicted molar refractivity (Wildman–Crippen MR) is 156 cm³/mol. The third-order valence-corrected chi connectivity index (χ3v) is 7.74. The highest BCUT2D eigenvalue weighted by atomic mass is 16.3. The van der Waals surface area contributed by atoms with Crippen LogP contribution in [0.4, 0.5) is 17.1 Å². The topological polar surface area (TPSA) is 99.5 Å². The molecule has 1 aliphatic heterocycles. The summed E-state index contributed by atoms with van der Waals surface area (Å²) in [5.41, 5.74) is 4.70. The van der Waals surface area contributed by atoms with Gasteiger partial charge in [-0.2, -0.15) is 0 Å². The predicted octanol–water partition coefficient (Wildman–Crippen LogP) is 3.50. The maximum absolute atomic E-state index is 13.2. The number of amides is 2. The first-order valence-electron chi connectivity index (χ1n) is 14.2. The Kier molecular flexibility index (Phi) is 7.45. The number of piperazine rings is 1. The van der Waals surface area contributed by atoms with E-state index in [1.165, 1.54) is 17.5 Å². The Morgan fingerprint density at radius 3 is 2.49 bits per heavy atom. The van der Waals surface area contributed by atoms with Crippen LogP contribution in [-0.4, -0.2) is 54.1 Å². The van der Waals surface area contributed by atoms with Crippen LogP contribution in [0.25, 0.3) is 0 Å². The van der Waals surface area contributed by atoms with Crippen LogP contribution >= 0.6 is 0 Å². The van der Waals surface area contributed by atoms with E-state index in [1.54, 1.807) is 6.07 Å². The Bertz CT molecular complexity index is 1550. The van der Waals surface area contributed by atoms with Crippen molar-refractivity contribution in [1.29, 1.82) is 0 Å². The van der Waals surface area contributed by atoms with Gasteiger partial charge in [-0.25, -0.2) is 14.1 Å². The first-order valence-corrected chi connectivity index (χ1v) is 14.2. The molecule has 4 aromatic rings. The number of nitrogens with zero attached hydrogens (tertiary/aromatic N) is 5. The summed E-state index contributed by atoms with van der Waals surface area (Å²) in [6.45, 7) is 6.56. The Balaban J connectivity index is 1.19. The van der Waals surface area contributed by atoms with Crippen LogP contribution in [0.1, 0.15) is 51.1 Å². The lowest BCUT2D eigenvalue weighted by atomic mass is 10.1. The van der Waals surface area contributed by atoms with Crippen molar-refractivity contribution in [3.63, 3.8) is 0 Å². The van der Waals surface area contributed by atoms with Gasteiger partial charge in [0.25, 0.3) is 11.8 Å². The maximum atomic E-state index is 13.2. The van der Waals surface area contributed by atoms with Crippen molar-refractivity contribution in [2.45, 2.75) is 32.2 Å². The monoisotopic (exact) mass is 554 g/mol. The van der Waals surface area contributed by atoms with Crippen LogP contribution in [0, 0.1) is 6.92 Å². The number of hydrogen-bond donors (Lipinski definition) is 2. The number of carbonyl (C=O) groups is 2. The molecule has 0 atom stereocenters. The van der Waals surface area contributed by atoms with E-state index >= 15 is 0 Å². The van der Waals surface area contributed by atoms with Gasteiger partial charge in [-0.05, 0) is 49.6 Å². The number of aryl methyl sites for hydroxylation is 2. The zero-order valence-corrected chi connectivity index (χ0v) is 23.5. The number of carbonyl (C=O) groups excluding carboxylic acids is 2. The largest absolute Gasteiger partial charge is 0.448 e. The molecule has 3 heterocycles. The lowest BCUT2D eigenvalue weighted by Crippen LogP contribution is -2.47. The molecule has 10 nitrogen and oxygen atoms in total. The Morgan fingerprint density at radius 2 is 1.78 bits per heavy atom. The standard InChI is InChI=1S/C31H35N7O3/c1-22-5-3-4-6-27(22)37-15-17-38(18-16-37)28-10-9-24(29(39)32-11-12-36-14-13-35(2)21-36)19-25(28)33-30(40)26-20-41-31(34-26)23-7-8-23/h3-6,9-10,13-14,19-21,23H,7-8,11-12,15-18H2,1-2H3,(H-,32,33,39,40)/p+1.